The van der Waals surface area contributed by atoms with Gasteiger partial charge < -0.3 is 5.11 Å². The molecule has 0 amide bonds. The molecular weight excluding hydrogens is 236 g/mol. The number of hydrogen-bond donors (Lipinski definition) is 1. The van der Waals surface area contributed by atoms with Crippen LogP contribution in [-0.4, -0.2) is 20.9 Å². The Balaban J connectivity index is 2.25. The van der Waals surface area contributed by atoms with E-state index in [4.69, 9.17) is 0 Å². The van der Waals surface area contributed by atoms with E-state index in [-0.39, 0.29) is 0 Å². The minimum atomic E-state index is -0.746. The minimum absolute atomic E-state index is 0.715. The van der Waals surface area contributed by atoms with Crippen molar-refractivity contribution in [1.29, 1.82) is 0 Å². The van der Waals surface area contributed by atoms with Crippen LogP contribution in [0, 0.1) is 0 Å². The first-order chi connectivity index (χ1) is 8.15. The fourth-order valence-electron chi connectivity index (χ4n) is 2.83. The summed E-state index contributed by atoms with van der Waals surface area (Å²) in [5, 5.41) is 16.1. The summed E-state index contributed by atoms with van der Waals surface area (Å²) in [5.41, 5.74) is 1.07. The Labute approximate surface area is 103 Å². The van der Waals surface area contributed by atoms with Gasteiger partial charge in [0.05, 0.1) is 15.9 Å². The number of aliphatic carboxylic acids is 1. The molecule has 0 aromatic carbocycles. The zero-order valence-electron chi connectivity index (χ0n) is 9.64. The molecule has 0 unspecified atom stereocenters. The number of nitrogens with zero attached hydrogens (tertiary/aromatic N) is 2. The van der Waals surface area contributed by atoms with Crippen molar-refractivity contribution in [1.82, 2.24) is 9.78 Å². The van der Waals surface area contributed by atoms with Crippen LogP contribution in [-0.2, 0) is 17.3 Å². The summed E-state index contributed by atoms with van der Waals surface area (Å²) in [4.78, 5) is 11.7. The fraction of sp³-hybridized carbons (Fsp3) is 0.500. The lowest BCUT2D eigenvalue weighted by molar-refractivity contribution is -0.143. The molecule has 90 valence electrons. The highest BCUT2D eigenvalue weighted by Crippen LogP contribution is 2.44. The standard InChI is InChI=1S/C12H14N2O2S/c1-14-8-4-7-17-9(8)10(13-14)12(11(15)16)5-2-3-6-12/h4,7H,2-3,5-6H2,1H3,(H,15,16). The van der Waals surface area contributed by atoms with Crippen LogP contribution < -0.4 is 0 Å². The third kappa shape index (κ3) is 1.35. The molecule has 1 aliphatic carbocycles. The van der Waals surface area contributed by atoms with Gasteiger partial charge in [-0.3, -0.25) is 9.48 Å². The van der Waals surface area contributed by atoms with Crippen LogP contribution in [0.3, 0.4) is 0 Å². The number of aryl methyl sites for hydroxylation is 1. The van der Waals surface area contributed by atoms with Crippen LogP contribution in [0.5, 0.6) is 0 Å². The molecule has 5 heteroatoms. The first kappa shape index (κ1) is 10.8. The summed E-state index contributed by atoms with van der Waals surface area (Å²) in [6.45, 7) is 0. The molecule has 0 atom stereocenters. The molecule has 2 aromatic heterocycles. The van der Waals surface area contributed by atoms with Crippen molar-refractivity contribution in [3.63, 3.8) is 0 Å². The average molecular weight is 250 g/mol. The Hall–Kier alpha value is -1.36. The van der Waals surface area contributed by atoms with Gasteiger partial charge in [0.2, 0.25) is 0 Å². The van der Waals surface area contributed by atoms with Crippen molar-refractivity contribution in [3.8, 4) is 0 Å². The van der Waals surface area contributed by atoms with Gasteiger partial charge in [-0.05, 0) is 24.3 Å². The Kier molecular flexibility index (Phi) is 2.26. The van der Waals surface area contributed by atoms with Crippen molar-refractivity contribution in [2.45, 2.75) is 31.1 Å². The number of fused-ring (bicyclic) bond motifs is 1. The summed E-state index contributed by atoms with van der Waals surface area (Å²) < 4.78 is 2.83. The fourth-order valence-corrected chi connectivity index (χ4v) is 3.83. The lowest BCUT2D eigenvalue weighted by atomic mass is 9.83. The molecule has 0 aliphatic heterocycles. The largest absolute Gasteiger partial charge is 0.481 e. The predicted molar refractivity (Wildman–Crippen MR) is 66.4 cm³/mol. The quantitative estimate of drug-likeness (QED) is 0.891. The first-order valence-corrected chi connectivity index (χ1v) is 6.67. The van der Waals surface area contributed by atoms with Crippen LogP contribution in [0.4, 0.5) is 0 Å². The maximum absolute atomic E-state index is 11.7. The Morgan fingerprint density at radius 2 is 2.24 bits per heavy atom. The third-order valence-electron chi connectivity index (χ3n) is 3.78. The zero-order chi connectivity index (χ0) is 12.0. The second kappa shape index (κ2) is 3.57. The zero-order valence-corrected chi connectivity index (χ0v) is 10.5. The number of hydrogen-bond acceptors (Lipinski definition) is 3. The second-order valence-electron chi connectivity index (χ2n) is 4.70. The molecule has 1 N–H and O–H groups in total. The normalized spacial score (nSPS) is 18.9. The third-order valence-corrected chi connectivity index (χ3v) is 4.69. The van der Waals surface area contributed by atoms with Gasteiger partial charge in [-0.15, -0.1) is 11.3 Å². The van der Waals surface area contributed by atoms with Gasteiger partial charge in [0.1, 0.15) is 5.41 Å². The summed E-state index contributed by atoms with van der Waals surface area (Å²) in [5.74, 6) is -0.719. The Morgan fingerprint density at radius 3 is 2.88 bits per heavy atom. The van der Waals surface area contributed by atoms with Crippen molar-refractivity contribution in [2.75, 3.05) is 0 Å². The summed E-state index contributed by atoms with van der Waals surface area (Å²) in [7, 11) is 1.88. The molecule has 2 heterocycles. The van der Waals surface area contributed by atoms with Crippen LogP contribution in [0.25, 0.3) is 10.2 Å². The van der Waals surface area contributed by atoms with Crippen molar-refractivity contribution in [3.05, 3.63) is 17.1 Å². The summed E-state index contributed by atoms with van der Waals surface area (Å²) in [6, 6.07) is 2.00. The van der Waals surface area contributed by atoms with Gasteiger partial charge in [-0.25, -0.2) is 0 Å². The van der Waals surface area contributed by atoms with Gasteiger partial charge in [-0.1, -0.05) is 12.8 Å². The van der Waals surface area contributed by atoms with E-state index < -0.39 is 11.4 Å². The predicted octanol–water partition coefficient (Wildman–Crippen LogP) is 2.53. The van der Waals surface area contributed by atoms with Crippen LogP contribution in [0.15, 0.2) is 11.4 Å². The molecule has 4 nitrogen and oxygen atoms in total. The van der Waals surface area contributed by atoms with Gasteiger partial charge in [0.25, 0.3) is 0 Å². The lowest BCUT2D eigenvalue weighted by Gasteiger charge is -2.21. The molecule has 0 spiro atoms. The first-order valence-electron chi connectivity index (χ1n) is 5.79. The van der Waals surface area contributed by atoms with E-state index in [1.807, 2.05) is 18.5 Å². The molecule has 1 aliphatic rings. The van der Waals surface area contributed by atoms with Gasteiger partial charge in [-0.2, -0.15) is 5.10 Å². The lowest BCUT2D eigenvalue weighted by Crippen LogP contribution is -2.33. The number of carbonyl (C=O) groups is 1. The molecule has 0 radical (unpaired) electrons. The van der Waals surface area contributed by atoms with E-state index in [1.54, 1.807) is 16.0 Å². The molecule has 1 saturated carbocycles. The van der Waals surface area contributed by atoms with E-state index in [9.17, 15) is 9.90 Å². The van der Waals surface area contributed by atoms with Crippen LogP contribution in [0.2, 0.25) is 0 Å². The second-order valence-corrected chi connectivity index (χ2v) is 5.62. The van der Waals surface area contributed by atoms with E-state index in [0.717, 1.165) is 28.8 Å². The van der Waals surface area contributed by atoms with Crippen LogP contribution >= 0.6 is 11.3 Å². The Morgan fingerprint density at radius 1 is 1.53 bits per heavy atom. The number of carboxylic acid groups (broad SMARTS) is 1. The summed E-state index contributed by atoms with van der Waals surface area (Å²) in [6.07, 6.45) is 3.39. The molecule has 1 fully saturated rings. The summed E-state index contributed by atoms with van der Waals surface area (Å²) >= 11 is 1.59. The van der Waals surface area contributed by atoms with Gasteiger partial charge in [0.15, 0.2) is 0 Å². The monoisotopic (exact) mass is 250 g/mol. The average Bonchev–Trinajstić information content (AvgIpc) is 2.96. The van der Waals surface area contributed by atoms with Crippen molar-refractivity contribution >= 4 is 27.5 Å². The number of thiophene rings is 1. The van der Waals surface area contributed by atoms with Crippen molar-refractivity contribution in [2.24, 2.45) is 7.05 Å². The van der Waals surface area contributed by atoms with Crippen molar-refractivity contribution < 1.29 is 9.90 Å². The van der Waals surface area contributed by atoms with E-state index in [1.165, 1.54) is 0 Å². The topological polar surface area (TPSA) is 55.1 Å². The molecule has 17 heavy (non-hydrogen) atoms. The highest BCUT2D eigenvalue weighted by atomic mass is 32.1. The smallest absolute Gasteiger partial charge is 0.315 e. The molecule has 3 rings (SSSR count). The van der Waals surface area contributed by atoms with E-state index in [0.29, 0.717) is 12.8 Å². The highest BCUT2D eigenvalue weighted by molar-refractivity contribution is 7.17. The SMILES string of the molecule is Cn1nc(C2(C(=O)O)CCCC2)c2sccc21. The Bertz CT molecular complexity index is 578. The highest BCUT2D eigenvalue weighted by Gasteiger charge is 2.46. The number of carboxylic acids is 1. The molecule has 0 saturated heterocycles. The van der Waals surface area contributed by atoms with E-state index >= 15 is 0 Å². The van der Waals surface area contributed by atoms with Crippen LogP contribution in [0.1, 0.15) is 31.4 Å². The maximum atomic E-state index is 11.7. The minimum Gasteiger partial charge on any atom is -0.481 e. The molecule has 2 aromatic rings. The molecule has 0 bridgehead atoms. The molecular formula is C12H14N2O2S. The number of aromatic nitrogens is 2. The maximum Gasteiger partial charge on any atom is 0.315 e. The van der Waals surface area contributed by atoms with E-state index in [2.05, 4.69) is 5.10 Å². The van der Waals surface area contributed by atoms with Gasteiger partial charge in [0, 0.05) is 7.05 Å². The number of rotatable bonds is 2. The van der Waals surface area contributed by atoms with Gasteiger partial charge >= 0.3 is 5.97 Å².